The molecule has 1 amide bonds. The zero-order chi connectivity index (χ0) is 26.4. The molecule has 5 aliphatic rings. The predicted octanol–water partition coefficient (Wildman–Crippen LogP) is 5.74. The van der Waals surface area contributed by atoms with Crippen molar-refractivity contribution in [1.29, 1.82) is 0 Å². The fourth-order valence-corrected chi connectivity index (χ4v) is 9.44. The Morgan fingerprint density at radius 3 is 2.38 bits per heavy atom. The van der Waals surface area contributed by atoms with Crippen LogP contribution in [-0.4, -0.2) is 36.6 Å². The summed E-state index contributed by atoms with van der Waals surface area (Å²) in [5.74, 6) is 1.78. The lowest BCUT2D eigenvalue weighted by Gasteiger charge is -2.57. The van der Waals surface area contributed by atoms with Gasteiger partial charge in [-0.1, -0.05) is 44.8 Å². The van der Waals surface area contributed by atoms with Crippen molar-refractivity contribution < 1.29 is 23.9 Å². The van der Waals surface area contributed by atoms with E-state index in [9.17, 15) is 14.4 Å². The molecule has 0 spiro atoms. The monoisotopic (exact) mass is 513 g/mol. The molecule has 0 heterocycles. The first-order chi connectivity index (χ1) is 17.6. The summed E-state index contributed by atoms with van der Waals surface area (Å²) in [5.41, 5.74) is 1.59. The van der Waals surface area contributed by atoms with Crippen molar-refractivity contribution in [2.45, 2.75) is 117 Å². The maximum Gasteiger partial charge on any atom is 0.302 e. The number of hydrogen-bond donors (Lipinski definition) is 1. The topological polar surface area (TPSA) is 81.7 Å². The van der Waals surface area contributed by atoms with Gasteiger partial charge in [-0.3, -0.25) is 14.4 Å². The van der Waals surface area contributed by atoms with Gasteiger partial charge in [-0.25, -0.2) is 0 Å². The third kappa shape index (κ3) is 4.98. The number of carbonyl (C=O) groups excluding carboxylic acids is 3. The minimum atomic E-state index is -0.209. The Morgan fingerprint density at radius 1 is 0.946 bits per heavy atom. The van der Waals surface area contributed by atoms with E-state index in [0.29, 0.717) is 24.3 Å². The summed E-state index contributed by atoms with van der Waals surface area (Å²) in [6, 6.07) is 0. The van der Waals surface area contributed by atoms with E-state index in [4.69, 9.17) is 9.47 Å². The van der Waals surface area contributed by atoms with Crippen LogP contribution in [0.25, 0.3) is 0 Å². The maximum atomic E-state index is 12.9. The van der Waals surface area contributed by atoms with Gasteiger partial charge in [0.1, 0.15) is 12.2 Å². The Bertz CT molecular complexity index is 938. The third-order valence-corrected chi connectivity index (χ3v) is 11.3. The van der Waals surface area contributed by atoms with E-state index >= 15 is 0 Å². The summed E-state index contributed by atoms with van der Waals surface area (Å²) >= 11 is 0. The fourth-order valence-electron chi connectivity index (χ4n) is 9.44. The molecule has 0 saturated heterocycles. The summed E-state index contributed by atoms with van der Waals surface area (Å²) in [4.78, 5) is 36.7. The van der Waals surface area contributed by atoms with Gasteiger partial charge in [0.05, 0.1) is 0 Å². The van der Waals surface area contributed by atoms with Crippen LogP contribution in [0.4, 0.5) is 0 Å². The van der Waals surface area contributed by atoms with Crippen molar-refractivity contribution >= 4 is 17.8 Å². The van der Waals surface area contributed by atoms with Crippen LogP contribution in [0.5, 0.6) is 0 Å². The van der Waals surface area contributed by atoms with Gasteiger partial charge in [0.15, 0.2) is 0 Å². The number of rotatable bonds is 5. The molecule has 0 radical (unpaired) electrons. The second-order valence-electron chi connectivity index (χ2n) is 13.4. The maximum absolute atomic E-state index is 12.9. The smallest absolute Gasteiger partial charge is 0.302 e. The van der Waals surface area contributed by atoms with Crippen molar-refractivity contribution in [2.24, 2.45) is 40.4 Å². The van der Waals surface area contributed by atoms with Crippen LogP contribution in [0, 0.1) is 40.4 Å². The molecule has 6 nitrogen and oxygen atoms in total. The molecule has 0 aromatic carbocycles. The Labute approximate surface area is 222 Å². The van der Waals surface area contributed by atoms with E-state index in [-0.39, 0.29) is 52.7 Å². The summed E-state index contributed by atoms with van der Waals surface area (Å²) in [6.45, 7) is 8.44. The van der Waals surface area contributed by atoms with Gasteiger partial charge in [-0.15, -0.1) is 0 Å². The van der Waals surface area contributed by atoms with E-state index in [1.54, 1.807) is 0 Å². The normalized spacial score (nSPS) is 41.5. The van der Waals surface area contributed by atoms with Gasteiger partial charge < -0.3 is 14.8 Å². The molecule has 0 bridgehead atoms. The summed E-state index contributed by atoms with van der Waals surface area (Å²) < 4.78 is 11.7. The molecule has 37 heavy (non-hydrogen) atoms. The van der Waals surface area contributed by atoms with Crippen molar-refractivity contribution in [1.82, 2.24) is 5.32 Å². The first kappa shape index (κ1) is 26.7. The third-order valence-electron chi connectivity index (χ3n) is 11.3. The Kier molecular flexibility index (Phi) is 7.50. The van der Waals surface area contributed by atoms with Crippen molar-refractivity contribution in [3.63, 3.8) is 0 Å². The van der Waals surface area contributed by atoms with Crippen LogP contribution in [-0.2, 0) is 23.9 Å². The highest BCUT2D eigenvalue weighted by molar-refractivity contribution is 5.78. The highest BCUT2D eigenvalue weighted by Gasteiger charge is 2.62. The van der Waals surface area contributed by atoms with Gasteiger partial charge in [0.25, 0.3) is 0 Å². The molecule has 5 aliphatic carbocycles. The van der Waals surface area contributed by atoms with Crippen LogP contribution in [0.3, 0.4) is 0 Å². The van der Waals surface area contributed by atoms with Gasteiger partial charge in [0, 0.05) is 44.1 Å². The standard InChI is InChI=1S/C31H47NO5/c1-19(33)36-24-12-14-30(3)23(17-24)10-11-25-26(30)13-15-31(4)27(25)16-22(28(31)37-20(2)34)18-32-29(35)21-8-6-5-7-9-21/h10,21-22,24-28H,5-9,11-18H2,1-4H3,(H,32,35)/t22-,24+,25-,26+,27+,28+,30+,31+/m1/s1. The van der Waals surface area contributed by atoms with Crippen molar-refractivity contribution in [3.05, 3.63) is 11.6 Å². The largest absolute Gasteiger partial charge is 0.462 e. The molecule has 0 aromatic rings. The van der Waals surface area contributed by atoms with Crippen LogP contribution in [0.15, 0.2) is 11.6 Å². The van der Waals surface area contributed by atoms with E-state index in [1.807, 2.05) is 0 Å². The molecule has 5 rings (SSSR count). The second kappa shape index (κ2) is 10.4. The Hall–Kier alpha value is -1.85. The molecule has 0 aliphatic heterocycles. The number of hydrogen-bond acceptors (Lipinski definition) is 5. The van der Waals surface area contributed by atoms with Crippen LogP contribution < -0.4 is 5.32 Å². The molecule has 4 fully saturated rings. The zero-order valence-corrected chi connectivity index (χ0v) is 23.4. The molecule has 206 valence electrons. The molecular formula is C31H47NO5. The number of ether oxygens (including phenoxy) is 2. The number of fused-ring (bicyclic) bond motifs is 5. The predicted molar refractivity (Wildman–Crippen MR) is 141 cm³/mol. The minimum Gasteiger partial charge on any atom is -0.462 e. The highest BCUT2D eigenvalue weighted by Crippen LogP contribution is 2.66. The lowest BCUT2D eigenvalue weighted by atomic mass is 9.48. The average molecular weight is 514 g/mol. The number of nitrogens with one attached hydrogen (secondary N) is 1. The quantitative estimate of drug-likeness (QED) is 0.375. The first-order valence-electron chi connectivity index (χ1n) is 14.9. The number of allylic oxidation sites excluding steroid dienone is 1. The molecular weight excluding hydrogens is 466 g/mol. The molecule has 0 aromatic heterocycles. The first-order valence-corrected chi connectivity index (χ1v) is 14.9. The fraction of sp³-hybridized carbons (Fsp3) is 0.839. The average Bonchev–Trinajstić information content (AvgIpc) is 3.14. The van der Waals surface area contributed by atoms with E-state index < -0.39 is 0 Å². The molecule has 0 unspecified atom stereocenters. The van der Waals surface area contributed by atoms with E-state index in [1.165, 1.54) is 25.8 Å². The van der Waals surface area contributed by atoms with E-state index in [0.717, 1.165) is 70.6 Å². The number of amides is 1. The Morgan fingerprint density at radius 2 is 1.68 bits per heavy atom. The summed E-state index contributed by atoms with van der Waals surface area (Å²) in [5, 5.41) is 3.29. The molecule has 4 saturated carbocycles. The molecule has 1 N–H and O–H groups in total. The number of carbonyl (C=O) groups is 3. The minimum absolute atomic E-state index is 0.0132. The second-order valence-corrected chi connectivity index (χ2v) is 13.4. The van der Waals surface area contributed by atoms with Crippen LogP contribution in [0.2, 0.25) is 0 Å². The molecule has 8 atom stereocenters. The lowest BCUT2D eigenvalue weighted by Crippen LogP contribution is -2.52. The Balaban J connectivity index is 1.33. The van der Waals surface area contributed by atoms with Crippen molar-refractivity contribution in [3.8, 4) is 0 Å². The van der Waals surface area contributed by atoms with Crippen molar-refractivity contribution in [2.75, 3.05) is 6.54 Å². The van der Waals surface area contributed by atoms with Crippen LogP contribution >= 0.6 is 0 Å². The zero-order valence-electron chi connectivity index (χ0n) is 23.4. The summed E-state index contributed by atoms with van der Waals surface area (Å²) in [6.07, 6.45) is 15.0. The van der Waals surface area contributed by atoms with Gasteiger partial charge in [0.2, 0.25) is 5.91 Å². The van der Waals surface area contributed by atoms with Gasteiger partial charge in [-0.2, -0.15) is 0 Å². The van der Waals surface area contributed by atoms with Gasteiger partial charge in [-0.05, 0) is 74.5 Å². The van der Waals surface area contributed by atoms with Gasteiger partial charge >= 0.3 is 11.9 Å². The lowest BCUT2D eigenvalue weighted by molar-refractivity contribution is -0.159. The molecule has 6 heteroatoms. The van der Waals surface area contributed by atoms with E-state index in [2.05, 4.69) is 25.2 Å². The SMILES string of the molecule is CC(=O)O[C@H]1CC[C@@]2(C)C(=CC[C@H]3[C@@H]4C[C@H](CNC(=O)C5CCCCC5)[C@H](OC(C)=O)[C@@]4(C)CC[C@@H]32)C1. The van der Waals surface area contributed by atoms with Crippen LogP contribution in [0.1, 0.15) is 105 Å². The highest BCUT2D eigenvalue weighted by atomic mass is 16.5. The number of esters is 2. The summed E-state index contributed by atoms with van der Waals surface area (Å²) in [7, 11) is 0.